The van der Waals surface area contributed by atoms with Gasteiger partial charge in [0.25, 0.3) is 0 Å². The second-order valence-corrected chi connectivity index (χ2v) is 14.6. The van der Waals surface area contributed by atoms with Gasteiger partial charge in [0.15, 0.2) is 5.75 Å². The van der Waals surface area contributed by atoms with E-state index in [0.29, 0.717) is 25.0 Å². The summed E-state index contributed by atoms with van der Waals surface area (Å²) in [4.78, 5) is 30.0. The van der Waals surface area contributed by atoms with E-state index in [2.05, 4.69) is 58.7 Å². The van der Waals surface area contributed by atoms with Gasteiger partial charge < -0.3 is 24.2 Å². The highest BCUT2D eigenvalue weighted by molar-refractivity contribution is 6.06. The first-order chi connectivity index (χ1) is 23.4. The topological polar surface area (TPSA) is 99.7 Å². The van der Waals surface area contributed by atoms with Crippen molar-refractivity contribution in [1.82, 2.24) is 30.0 Å². The summed E-state index contributed by atoms with van der Waals surface area (Å²) in [5, 5.41) is 9.81. The predicted molar refractivity (Wildman–Crippen MR) is 189 cm³/mol. The van der Waals surface area contributed by atoms with Crippen LogP contribution in [0.4, 0.5) is 5.82 Å². The van der Waals surface area contributed by atoms with E-state index in [0.717, 1.165) is 123 Å². The Kier molecular flexibility index (Phi) is 8.11. The maximum absolute atomic E-state index is 12.2. The van der Waals surface area contributed by atoms with Gasteiger partial charge in [0.2, 0.25) is 5.91 Å². The first-order valence-corrected chi connectivity index (χ1v) is 17.7. The lowest BCUT2D eigenvalue weighted by atomic mass is 9.72. The summed E-state index contributed by atoms with van der Waals surface area (Å²) < 4.78 is 12.3. The van der Waals surface area contributed by atoms with Crippen LogP contribution in [0.3, 0.4) is 0 Å². The number of anilines is 1. The Labute approximate surface area is 282 Å². The number of aromatic nitrogens is 4. The molecule has 10 heteroatoms. The minimum atomic E-state index is 0.0402. The van der Waals surface area contributed by atoms with E-state index in [4.69, 9.17) is 19.4 Å². The van der Waals surface area contributed by atoms with Crippen molar-refractivity contribution < 1.29 is 14.3 Å². The van der Waals surface area contributed by atoms with Crippen LogP contribution in [-0.2, 0) is 9.53 Å². The number of methoxy groups -OCH3 is 1. The Bertz CT molecular complexity index is 1860. The zero-order valence-electron chi connectivity index (χ0n) is 28.6. The normalized spacial score (nSPS) is 20.1. The number of hydrogen-bond acceptors (Lipinski definition) is 8. The van der Waals surface area contributed by atoms with Gasteiger partial charge in [-0.25, -0.2) is 9.97 Å². The number of H-pyrrole nitrogens is 1. The summed E-state index contributed by atoms with van der Waals surface area (Å²) in [6, 6.07) is 6.69. The summed E-state index contributed by atoms with van der Waals surface area (Å²) in [5.74, 6) is 3.60. The van der Waals surface area contributed by atoms with E-state index < -0.39 is 0 Å². The number of aromatic amines is 1. The van der Waals surface area contributed by atoms with E-state index in [1.165, 1.54) is 22.8 Å². The summed E-state index contributed by atoms with van der Waals surface area (Å²) >= 11 is 0. The van der Waals surface area contributed by atoms with Crippen molar-refractivity contribution in [2.75, 3.05) is 71.5 Å². The average molecular weight is 650 g/mol. The Morgan fingerprint density at radius 3 is 2.50 bits per heavy atom. The first-order valence-electron chi connectivity index (χ1n) is 17.7. The molecule has 4 aliphatic rings. The monoisotopic (exact) mass is 649 g/mol. The van der Waals surface area contributed by atoms with Crippen LogP contribution < -0.4 is 9.64 Å². The molecule has 0 radical (unpaired) electrons. The Morgan fingerprint density at radius 1 is 1.02 bits per heavy atom. The molecular weight excluding hydrogens is 602 g/mol. The van der Waals surface area contributed by atoms with E-state index in [9.17, 15) is 4.79 Å². The molecule has 1 saturated carbocycles. The number of piperidine rings is 2. The van der Waals surface area contributed by atoms with Gasteiger partial charge in [-0.05, 0) is 106 Å². The highest BCUT2D eigenvalue weighted by Crippen LogP contribution is 2.53. The lowest BCUT2D eigenvalue weighted by molar-refractivity contribution is -0.139. The number of nitrogens with one attached hydrogen (secondary N) is 1. The molecule has 3 saturated heterocycles. The van der Waals surface area contributed by atoms with Crippen molar-refractivity contribution in [3.8, 4) is 16.9 Å². The molecular formula is C38H47N7O3. The quantitative estimate of drug-likeness (QED) is 0.179. The molecule has 1 N–H and O–H groups in total. The molecule has 252 valence electrons. The molecule has 0 atom stereocenters. The molecule has 1 amide bonds. The van der Waals surface area contributed by atoms with Gasteiger partial charge in [0, 0.05) is 61.0 Å². The number of amides is 1. The molecule has 10 nitrogen and oxygen atoms in total. The number of ether oxygens (including phenoxy) is 2. The van der Waals surface area contributed by atoms with Gasteiger partial charge in [-0.2, -0.15) is 5.10 Å². The van der Waals surface area contributed by atoms with Crippen LogP contribution in [0.25, 0.3) is 32.9 Å². The van der Waals surface area contributed by atoms with E-state index in [1.54, 1.807) is 7.11 Å². The minimum absolute atomic E-state index is 0.0402. The molecule has 2 aromatic heterocycles. The fraction of sp³-hybridized carbons (Fsp3) is 0.526. The maximum Gasteiger partial charge on any atom is 0.245 e. The molecule has 48 heavy (non-hydrogen) atoms. The number of fused-ring (bicyclic) bond motifs is 2. The van der Waals surface area contributed by atoms with E-state index in [-0.39, 0.29) is 11.3 Å². The van der Waals surface area contributed by atoms with Crippen LogP contribution >= 0.6 is 0 Å². The molecule has 0 bridgehead atoms. The maximum atomic E-state index is 12.2. The van der Waals surface area contributed by atoms with Gasteiger partial charge in [0.05, 0.1) is 18.3 Å². The Hall–Kier alpha value is -4.02. The molecule has 1 aliphatic carbocycles. The molecule has 3 aliphatic heterocycles. The summed E-state index contributed by atoms with van der Waals surface area (Å²) in [6.07, 6.45) is 9.85. The van der Waals surface area contributed by atoms with Crippen LogP contribution in [0, 0.1) is 12.3 Å². The van der Waals surface area contributed by atoms with Crippen LogP contribution in [0.1, 0.15) is 67.3 Å². The number of hydrogen-bond donors (Lipinski definition) is 1. The standard InChI is InChI=1S/C38H47N7O3/c1-5-31(46)45-22-38(23-45)12-16-44(17-13-38)37-28-20-27(25-7-8-25)33(32-24(2)6-9-30-29(32)21-39-42-30)35(48-19-18-47-4)34(28)40-36(41-37)26-10-14-43(3)15-11-26/h5-6,9,20-21,25-26H,1,7-8,10-19,22-23H2,2-4H3,(H,39,42). The SMILES string of the molecule is C=CC(=O)N1CC2(CCN(c3nc(C4CCN(C)CC4)nc4c(OCCOC)c(-c5c(C)ccc6[nH]ncc56)c(C5CC5)cc34)CC2)C1. The Balaban J connectivity index is 1.29. The van der Waals surface area contributed by atoms with Crippen molar-refractivity contribution >= 4 is 33.5 Å². The number of carbonyl (C=O) groups is 1. The largest absolute Gasteiger partial charge is 0.488 e. The average Bonchev–Trinajstić information content (AvgIpc) is 3.83. The fourth-order valence-electron chi connectivity index (χ4n) is 8.31. The van der Waals surface area contributed by atoms with Crippen molar-refractivity contribution in [3.05, 3.63) is 54.0 Å². The van der Waals surface area contributed by atoms with Gasteiger partial charge in [0.1, 0.15) is 23.8 Å². The zero-order valence-corrected chi connectivity index (χ0v) is 28.6. The molecule has 0 unspecified atom stereocenters. The third-order valence-corrected chi connectivity index (χ3v) is 11.4. The van der Waals surface area contributed by atoms with Gasteiger partial charge in [-0.3, -0.25) is 9.89 Å². The van der Waals surface area contributed by atoms with Crippen molar-refractivity contribution in [2.45, 2.75) is 57.3 Å². The fourth-order valence-corrected chi connectivity index (χ4v) is 8.31. The van der Waals surface area contributed by atoms with Gasteiger partial charge in [-0.15, -0.1) is 0 Å². The first kappa shape index (κ1) is 31.3. The van der Waals surface area contributed by atoms with E-state index in [1.807, 2.05) is 11.1 Å². The molecule has 4 aromatic rings. The van der Waals surface area contributed by atoms with Crippen molar-refractivity contribution in [3.63, 3.8) is 0 Å². The third kappa shape index (κ3) is 5.52. The molecule has 8 rings (SSSR count). The van der Waals surface area contributed by atoms with Crippen LogP contribution in [0.15, 0.2) is 37.1 Å². The summed E-state index contributed by atoms with van der Waals surface area (Å²) in [7, 11) is 3.92. The lowest BCUT2D eigenvalue weighted by Crippen LogP contribution is -2.61. The second kappa shape index (κ2) is 12.5. The predicted octanol–water partition coefficient (Wildman–Crippen LogP) is 5.81. The number of likely N-dealkylation sites (tertiary alicyclic amines) is 2. The van der Waals surface area contributed by atoms with Crippen LogP contribution in [-0.4, -0.2) is 103 Å². The summed E-state index contributed by atoms with van der Waals surface area (Å²) in [5.41, 5.74) is 6.92. The van der Waals surface area contributed by atoms with E-state index >= 15 is 0 Å². The molecule has 2 aromatic carbocycles. The van der Waals surface area contributed by atoms with Crippen molar-refractivity contribution in [1.29, 1.82) is 0 Å². The highest BCUT2D eigenvalue weighted by atomic mass is 16.5. The Morgan fingerprint density at radius 2 is 1.79 bits per heavy atom. The summed E-state index contributed by atoms with van der Waals surface area (Å²) in [6.45, 7) is 12.3. The smallest absolute Gasteiger partial charge is 0.245 e. The number of benzene rings is 2. The number of aryl methyl sites for hydroxylation is 1. The second-order valence-electron chi connectivity index (χ2n) is 14.6. The highest BCUT2D eigenvalue weighted by Gasteiger charge is 2.46. The zero-order chi connectivity index (χ0) is 33.0. The minimum Gasteiger partial charge on any atom is -0.488 e. The van der Waals surface area contributed by atoms with Gasteiger partial charge in [-0.1, -0.05) is 12.6 Å². The molecule has 1 spiro atoms. The third-order valence-electron chi connectivity index (χ3n) is 11.4. The molecule has 4 fully saturated rings. The van der Waals surface area contributed by atoms with Crippen LogP contribution in [0.2, 0.25) is 0 Å². The van der Waals surface area contributed by atoms with Gasteiger partial charge >= 0.3 is 0 Å². The lowest BCUT2D eigenvalue weighted by Gasteiger charge is -2.54. The number of rotatable bonds is 9. The van der Waals surface area contributed by atoms with Crippen LogP contribution in [0.5, 0.6) is 5.75 Å². The number of nitrogens with zero attached hydrogens (tertiary/aromatic N) is 6. The molecule has 5 heterocycles. The number of carbonyl (C=O) groups excluding carboxylic acids is 1. The van der Waals surface area contributed by atoms with Crippen molar-refractivity contribution in [2.24, 2.45) is 5.41 Å².